The van der Waals surface area contributed by atoms with Crippen molar-refractivity contribution < 1.29 is 22.3 Å². The van der Waals surface area contributed by atoms with Crippen molar-refractivity contribution in [3.05, 3.63) is 54.3 Å². The van der Waals surface area contributed by atoms with Crippen molar-refractivity contribution in [2.45, 2.75) is 11.8 Å². The molecule has 37 heavy (non-hydrogen) atoms. The summed E-state index contributed by atoms with van der Waals surface area (Å²) in [6.07, 6.45) is 0. The minimum Gasteiger partial charge on any atom is -0.455 e. The Morgan fingerprint density at radius 3 is 2.41 bits per heavy atom. The van der Waals surface area contributed by atoms with Crippen molar-refractivity contribution in [3.8, 4) is 0 Å². The van der Waals surface area contributed by atoms with Gasteiger partial charge >= 0.3 is 0 Å². The first-order valence-electron chi connectivity index (χ1n) is 12.1. The van der Waals surface area contributed by atoms with Gasteiger partial charge in [0.1, 0.15) is 11.3 Å². The number of fused-ring (bicyclic) bond motifs is 1. The van der Waals surface area contributed by atoms with E-state index in [2.05, 4.69) is 20.7 Å². The largest absolute Gasteiger partial charge is 0.455 e. The normalized spacial score (nSPS) is 17.6. The molecule has 0 amide bonds. The van der Waals surface area contributed by atoms with E-state index in [-0.39, 0.29) is 10.0 Å². The standard InChI is InChI=1S/C25H29N5O5S2/c1-18(24-16-19-4-2-3-5-23(19)35-24)27-28-25(36)26-21-17-20(37(31,32)30-10-14-34-15-11-30)6-7-22(21)29-8-12-33-13-9-29/h2-7,16-17H,8-15H2,1H3,(H2,26,28,36)/b27-18-. The summed E-state index contributed by atoms with van der Waals surface area (Å²) in [5.41, 5.74) is 5.67. The molecule has 0 saturated carbocycles. The highest BCUT2D eigenvalue weighted by atomic mass is 32.2. The van der Waals surface area contributed by atoms with Crippen LogP contribution in [0.25, 0.3) is 11.0 Å². The number of morpholine rings is 2. The van der Waals surface area contributed by atoms with Crippen LogP contribution < -0.4 is 15.6 Å². The SMILES string of the molecule is C/C(=N/NC(=S)Nc1cc(S(=O)(=O)N2CCOCC2)ccc1N1CCOCC1)c1cc2ccccc2o1. The zero-order chi connectivity index (χ0) is 25.8. The summed E-state index contributed by atoms with van der Waals surface area (Å²) in [5.74, 6) is 0.629. The molecule has 196 valence electrons. The predicted octanol–water partition coefficient (Wildman–Crippen LogP) is 3.00. The molecule has 12 heteroatoms. The molecule has 0 atom stereocenters. The highest BCUT2D eigenvalue weighted by Crippen LogP contribution is 2.31. The first kappa shape index (κ1) is 25.6. The van der Waals surface area contributed by atoms with Gasteiger partial charge in [-0.1, -0.05) is 18.2 Å². The van der Waals surface area contributed by atoms with Crippen molar-refractivity contribution in [2.24, 2.45) is 5.10 Å². The Morgan fingerprint density at radius 1 is 0.973 bits per heavy atom. The first-order valence-corrected chi connectivity index (χ1v) is 13.9. The lowest BCUT2D eigenvalue weighted by Crippen LogP contribution is -2.40. The van der Waals surface area contributed by atoms with Gasteiger partial charge < -0.3 is 24.1 Å². The third kappa shape index (κ3) is 5.78. The zero-order valence-electron chi connectivity index (χ0n) is 20.5. The third-order valence-corrected chi connectivity index (χ3v) is 8.37. The number of ether oxygens (including phenoxy) is 2. The first-order chi connectivity index (χ1) is 17.9. The molecule has 0 spiro atoms. The summed E-state index contributed by atoms with van der Waals surface area (Å²) < 4.78 is 44.7. The molecule has 2 aliphatic rings. The highest BCUT2D eigenvalue weighted by Gasteiger charge is 2.28. The van der Waals surface area contributed by atoms with E-state index in [1.165, 1.54) is 4.31 Å². The molecular formula is C25H29N5O5S2. The molecule has 2 aromatic carbocycles. The van der Waals surface area contributed by atoms with Gasteiger partial charge in [0.05, 0.1) is 42.7 Å². The molecule has 2 saturated heterocycles. The van der Waals surface area contributed by atoms with Crippen molar-refractivity contribution >= 4 is 55.4 Å². The molecular weight excluding hydrogens is 514 g/mol. The van der Waals surface area contributed by atoms with Gasteiger partial charge in [-0.15, -0.1) is 0 Å². The van der Waals surface area contributed by atoms with E-state index in [1.54, 1.807) is 12.1 Å². The maximum absolute atomic E-state index is 13.3. The van der Waals surface area contributed by atoms with Crippen LogP contribution in [0.15, 0.2) is 62.9 Å². The summed E-state index contributed by atoms with van der Waals surface area (Å²) in [7, 11) is -3.68. The quantitative estimate of drug-likeness (QED) is 0.276. The Morgan fingerprint density at radius 2 is 1.68 bits per heavy atom. The topological polar surface area (TPSA) is 109 Å². The van der Waals surface area contributed by atoms with Gasteiger partial charge in [0.15, 0.2) is 10.9 Å². The summed E-state index contributed by atoms with van der Waals surface area (Å²) >= 11 is 5.51. The van der Waals surface area contributed by atoms with Gasteiger partial charge in [0, 0.05) is 31.6 Å². The Bertz CT molecular complexity index is 1380. The Hall–Kier alpha value is -3.03. The summed E-state index contributed by atoms with van der Waals surface area (Å²) in [4.78, 5) is 2.33. The van der Waals surface area contributed by atoms with E-state index in [0.29, 0.717) is 69.8 Å². The molecule has 5 rings (SSSR count). The van der Waals surface area contributed by atoms with Gasteiger partial charge in [0.25, 0.3) is 0 Å². The fourth-order valence-corrected chi connectivity index (χ4v) is 5.88. The van der Waals surface area contributed by atoms with Crippen LogP contribution in [0.4, 0.5) is 11.4 Å². The van der Waals surface area contributed by atoms with E-state index in [4.69, 9.17) is 26.1 Å². The number of nitrogens with zero attached hydrogens (tertiary/aromatic N) is 3. The van der Waals surface area contributed by atoms with E-state index in [9.17, 15) is 8.42 Å². The number of furan rings is 1. The molecule has 10 nitrogen and oxygen atoms in total. The Balaban J connectivity index is 1.37. The monoisotopic (exact) mass is 543 g/mol. The molecule has 2 fully saturated rings. The number of hydrazone groups is 1. The maximum atomic E-state index is 13.3. The lowest BCUT2D eigenvalue weighted by Gasteiger charge is -2.31. The minimum atomic E-state index is -3.68. The van der Waals surface area contributed by atoms with Crippen LogP contribution >= 0.6 is 12.2 Å². The number of sulfonamides is 1. The number of rotatable bonds is 6. The number of hydrogen-bond acceptors (Lipinski definition) is 8. The number of benzene rings is 2. The van der Waals surface area contributed by atoms with Crippen molar-refractivity contribution in [3.63, 3.8) is 0 Å². The smallest absolute Gasteiger partial charge is 0.243 e. The predicted molar refractivity (Wildman–Crippen MR) is 147 cm³/mol. The molecule has 2 aliphatic heterocycles. The summed E-state index contributed by atoms with van der Waals surface area (Å²) in [6.45, 7) is 5.80. The molecule has 2 N–H and O–H groups in total. The van der Waals surface area contributed by atoms with Gasteiger partial charge in [-0.3, -0.25) is 5.43 Å². The summed E-state index contributed by atoms with van der Waals surface area (Å²) in [5, 5.41) is 8.73. The molecule has 3 aromatic rings. The van der Waals surface area contributed by atoms with E-state index in [0.717, 1.165) is 16.7 Å². The second-order valence-electron chi connectivity index (χ2n) is 8.71. The minimum absolute atomic E-state index is 0.193. The fraction of sp³-hybridized carbons (Fsp3) is 0.360. The van der Waals surface area contributed by atoms with Crippen LogP contribution in [-0.2, 0) is 19.5 Å². The maximum Gasteiger partial charge on any atom is 0.243 e. The van der Waals surface area contributed by atoms with Gasteiger partial charge in [-0.2, -0.15) is 9.41 Å². The molecule has 0 bridgehead atoms. The van der Waals surface area contributed by atoms with Crippen LogP contribution in [0.5, 0.6) is 0 Å². The second-order valence-corrected chi connectivity index (χ2v) is 11.1. The number of thiocarbonyl (C=S) groups is 1. The van der Waals surface area contributed by atoms with Crippen LogP contribution in [0, 0.1) is 0 Å². The number of hydrogen-bond donors (Lipinski definition) is 2. The molecule has 3 heterocycles. The van der Waals surface area contributed by atoms with Crippen molar-refractivity contribution in [2.75, 3.05) is 62.8 Å². The number of para-hydroxylation sites is 1. The third-order valence-electron chi connectivity index (χ3n) is 6.28. The Labute approximate surface area is 221 Å². The summed E-state index contributed by atoms with van der Waals surface area (Å²) in [6, 6.07) is 14.7. The van der Waals surface area contributed by atoms with Crippen LogP contribution in [0.2, 0.25) is 0 Å². The Kier molecular flexibility index (Phi) is 7.72. The number of nitrogens with one attached hydrogen (secondary N) is 2. The average Bonchev–Trinajstić information content (AvgIpc) is 3.37. The van der Waals surface area contributed by atoms with Gasteiger partial charge in [0.2, 0.25) is 10.0 Å². The molecule has 0 unspecified atom stereocenters. The van der Waals surface area contributed by atoms with Crippen LogP contribution in [0.3, 0.4) is 0 Å². The lowest BCUT2D eigenvalue weighted by atomic mass is 10.2. The molecule has 0 radical (unpaired) electrons. The van der Waals surface area contributed by atoms with Gasteiger partial charge in [-0.05, 0) is 49.5 Å². The van der Waals surface area contributed by atoms with E-state index < -0.39 is 10.0 Å². The zero-order valence-corrected chi connectivity index (χ0v) is 22.1. The second kappa shape index (κ2) is 11.2. The molecule has 0 aliphatic carbocycles. The van der Waals surface area contributed by atoms with Crippen LogP contribution in [0.1, 0.15) is 12.7 Å². The van der Waals surface area contributed by atoms with Crippen molar-refractivity contribution in [1.82, 2.24) is 9.73 Å². The van der Waals surface area contributed by atoms with Gasteiger partial charge in [-0.25, -0.2) is 8.42 Å². The molecule has 1 aromatic heterocycles. The van der Waals surface area contributed by atoms with Crippen LogP contribution in [-0.4, -0.2) is 76.2 Å². The highest BCUT2D eigenvalue weighted by molar-refractivity contribution is 7.89. The number of anilines is 2. The fourth-order valence-electron chi connectivity index (χ4n) is 4.29. The average molecular weight is 544 g/mol. The van der Waals surface area contributed by atoms with E-state index >= 15 is 0 Å². The lowest BCUT2D eigenvalue weighted by molar-refractivity contribution is 0.0730. The van der Waals surface area contributed by atoms with Crippen molar-refractivity contribution in [1.29, 1.82) is 0 Å². The van der Waals surface area contributed by atoms with E-state index in [1.807, 2.05) is 43.3 Å².